The van der Waals surface area contributed by atoms with Gasteiger partial charge in [-0.15, -0.1) is 0 Å². The quantitative estimate of drug-likeness (QED) is 0.631. The summed E-state index contributed by atoms with van der Waals surface area (Å²) in [6.45, 7) is 1.10. The second-order valence-corrected chi connectivity index (χ2v) is 5.20. The predicted octanol–water partition coefficient (Wildman–Crippen LogP) is 2.88. The number of hydrogen-bond donors (Lipinski definition) is 2. The Kier molecular flexibility index (Phi) is 6.54. The Bertz CT molecular complexity index is 687. The summed E-state index contributed by atoms with van der Waals surface area (Å²) in [5.74, 6) is 0.209. The first-order chi connectivity index (χ1) is 11.6. The molecule has 2 N–H and O–H groups in total. The van der Waals surface area contributed by atoms with Gasteiger partial charge in [-0.2, -0.15) is 0 Å². The van der Waals surface area contributed by atoms with Crippen LogP contribution < -0.4 is 15.4 Å². The number of guanidine groups is 1. The Hall–Kier alpha value is -2.63. The van der Waals surface area contributed by atoms with Crippen molar-refractivity contribution in [2.45, 2.75) is 13.0 Å². The number of benzene rings is 2. The molecule has 6 heteroatoms. The monoisotopic (exact) mass is 333 g/mol. The molecule has 0 atom stereocenters. The Morgan fingerprint density at radius 2 is 1.75 bits per heavy atom. The predicted molar refractivity (Wildman–Crippen MR) is 91.3 cm³/mol. The van der Waals surface area contributed by atoms with Gasteiger partial charge >= 0.3 is 0 Å². The van der Waals surface area contributed by atoms with Gasteiger partial charge in [-0.25, -0.2) is 8.78 Å². The highest BCUT2D eigenvalue weighted by Gasteiger charge is 2.04. The lowest BCUT2D eigenvalue weighted by Gasteiger charge is -2.12. The standard InChI is InChI=1S/C18H21F2N3O/c1-21-18(22-10-9-13-3-6-15(19)7-4-13)23-12-14-5-8-17(24-2)16(20)11-14/h3-8,11H,9-10,12H2,1-2H3,(H2,21,22,23). The maximum Gasteiger partial charge on any atom is 0.191 e. The van der Waals surface area contributed by atoms with Gasteiger partial charge < -0.3 is 15.4 Å². The molecule has 0 saturated heterocycles. The topological polar surface area (TPSA) is 45.7 Å². The minimum absolute atomic E-state index is 0.223. The smallest absolute Gasteiger partial charge is 0.191 e. The summed E-state index contributed by atoms with van der Waals surface area (Å²) < 4.78 is 31.4. The summed E-state index contributed by atoms with van der Waals surface area (Å²) in [4.78, 5) is 4.12. The molecule has 0 amide bonds. The summed E-state index contributed by atoms with van der Waals surface area (Å²) in [7, 11) is 3.10. The van der Waals surface area contributed by atoms with Crippen molar-refractivity contribution < 1.29 is 13.5 Å². The number of methoxy groups -OCH3 is 1. The molecule has 0 heterocycles. The van der Waals surface area contributed by atoms with Crippen LogP contribution in [0.3, 0.4) is 0 Å². The van der Waals surface area contributed by atoms with Crippen LogP contribution in [0.15, 0.2) is 47.5 Å². The molecule has 0 aliphatic heterocycles. The van der Waals surface area contributed by atoms with Gasteiger partial charge in [0.25, 0.3) is 0 Å². The number of aliphatic imine (C=N–C) groups is 1. The highest BCUT2D eigenvalue weighted by molar-refractivity contribution is 5.79. The summed E-state index contributed by atoms with van der Waals surface area (Å²) in [5, 5.41) is 6.28. The zero-order valence-electron chi connectivity index (χ0n) is 13.8. The van der Waals surface area contributed by atoms with E-state index in [2.05, 4.69) is 15.6 Å². The maximum atomic E-state index is 13.7. The van der Waals surface area contributed by atoms with Crippen molar-refractivity contribution in [2.24, 2.45) is 4.99 Å². The van der Waals surface area contributed by atoms with Gasteiger partial charge in [-0.3, -0.25) is 4.99 Å². The van der Waals surface area contributed by atoms with E-state index in [-0.39, 0.29) is 11.6 Å². The van der Waals surface area contributed by atoms with Gasteiger partial charge in [0.15, 0.2) is 17.5 Å². The Morgan fingerprint density at radius 1 is 1.04 bits per heavy atom. The minimum Gasteiger partial charge on any atom is -0.494 e. The van der Waals surface area contributed by atoms with Crippen LogP contribution in [0.2, 0.25) is 0 Å². The van der Waals surface area contributed by atoms with Gasteiger partial charge in [-0.1, -0.05) is 18.2 Å². The molecule has 0 bridgehead atoms. The molecule has 2 aromatic rings. The second kappa shape index (κ2) is 8.86. The maximum absolute atomic E-state index is 13.7. The Morgan fingerprint density at radius 3 is 2.38 bits per heavy atom. The van der Waals surface area contributed by atoms with Crippen LogP contribution in [0.1, 0.15) is 11.1 Å². The van der Waals surface area contributed by atoms with E-state index < -0.39 is 5.82 Å². The zero-order valence-corrected chi connectivity index (χ0v) is 13.8. The highest BCUT2D eigenvalue weighted by Crippen LogP contribution is 2.17. The lowest BCUT2D eigenvalue weighted by molar-refractivity contribution is 0.386. The zero-order chi connectivity index (χ0) is 17.4. The average Bonchev–Trinajstić information content (AvgIpc) is 2.59. The number of ether oxygens (including phenoxy) is 1. The molecule has 0 unspecified atom stereocenters. The van der Waals surface area contributed by atoms with Crippen molar-refractivity contribution in [1.82, 2.24) is 10.6 Å². The van der Waals surface area contributed by atoms with Crippen molar-refractivity contribution in [3.8, 4) is 5.75 Å². The van der Waals surface area contributed by atoms with Crippen LogP contribution in [-0.4, -0.2) is 26.7 Å². The molecule has 0 aliphatic rings. The van der Waals surface area contributed by atoms with E-state index in [9.17, 15) is 8.78 Å². The molecule has 0 saturated carbocycles. The van der Waals surface area contributed by atoms with Gasteiger partial charge in [0.05, 0.1) is 7.11 Å². The Balaban J connectivity index is 1.80. The molecule has 0 aliphatic carbocycles. The van der Waals surface area contributed by atoms with Gasteiger partial charge in [0.2, 0.25) is 0 Å². The summed E-state index contributed by atoms with van der Waals surface area (Å²) in [6, 6.07) is 11.2. The fourth-order valence-corrected chi connectivity index (χ4v) is 2.20. The van der Waals surface area contributed by atoms with E-state index in [1.54, 1.807) is 31.3 Å². The molecule has 4 nitrogen and oxygen atoms in total. The summed E-state index contributed by atoms with van der Waals surface area (Å²) >= 11 is 0. The SMILES string of the molecule is CN=C(NCCc1ccc(F)cc1)NCc1ccc(OC)c(F)c1. The first-order valence-electron chi connectivity index (χ1n) is 7.63. The van der Waals surface area contributed by atoms with E-state index in [1.807, 2.05) is 0 Å². The largest absolute Gasteiger partial charge is 0.494 e. The molecule has 0 spiro atoms. The number of hydrogen-bond acceptors (Lipinski definition) is 2. The van der Waals surface area contributed by atoms with Crippen LogP contribution in [0, 0.1) is 11.6 Å². The van der Waals surface area contributed by atoms with Gasteiger partial charge in [0, 0.05) is 20.1 Å². The Labute approximate surface area is 140 Å². The molecular weight excluding hydrogens is 312 g/mol. The van der Waals surface area contributed by atoms with Crippen molar-refractivity contribution in [1.29, 1.82) is 0 Å². The van der Waals surface area contributed by atoms with Crippen LogP contribution in [0.25, 0.3) is 0 Å². The molecule has 0 fully saturated rings. The van der Waals surface area contributed by atoms with Crippen molar-refractivity contribution in [3.05, 3.63) is 65.2 Å². The number of rotatable bonds is 6. The fraction of sp³-hybridized carbons (Fsp3) is 0.278. The number of nitrogens with one attached hydrogen (secondary N) is 2. The minimum atomic E-state index is -0.393. The third-order valence-corrected chi connectivity index (χ3v) is 3.52. The summed E-state index contributed by atoms with van der Waals surface area (Å²) in [5.41, 5.74) is 1.83. The highest BCUT2D eigenvalue weighted by atomic mass is 19.1. The number of nitrogens with zero attached hydrogens (tertiary/aromatic N) is 1. The molecule has 0 aromatic heterocycles. The molecule has 0 radical (unpaired) electrons. The van der Waals surface area contributed by atoms with Crippen molar-refractivity contribution in [3.63, 3.8) is 0 Å². The van der Waals surface area contributed by atoms with Gasteiger partial charge in [0.1, 0.15) is 5.82 Å². The fourth-order valence-electron chi connectivity index (χ4n) is 2.20. The van der Waals surface area contributed by atoms with E-state index in [4.69, 9.17) is 4.74 Å². The molecular formula is C18H21F2N3O. The van der Waals surface area contributed by atoms with Crippen LogP contribution in [0.5, 0.6) is 5.75 Å². The van der Waals surface area contributed by atoms with E-state index in [1.165, 1.54) is 25.3 Å². The van der Waals surface area contributed by atoms with Crippen LogP contribution in [-0.2, 0) is 13.0 Å². The number of halogens is 2. The molecule has 24 heavy (non-hydrogen) atoms. The second-order valence-electron chi connectivity index (χ2n) is 5.20. The molecule has 2 aromatic carbocycles. The van der Waals surface area contributed by atoms with Crippen LogP contribution >= 0.6 is 0 Å². The van der Waals surface area contributed by atoms with E-state index in [0.717, 1.165) is 17.5 Å². The van der Waals surface area contributed by atoms with Crippen LogP contribution in [0.4, 0.5) is 8.78 Å². The lowest BCUT2D eigenvalue weighted by Crippen LogP contribution is -2.37. The van der Waals surface area contributed by atoms with Crippen molar-refractivity contribution in [2.75, 3.05) is 20.7 Å². The normalized spacial score (nSPS) is 11.2. The van der Waals surface area contributed by atoms with Crippen molar-refractivity contribution >= 4 is 5.96 Å². The summed E-state index contributed by atoms with van der Waals surface area (Å²) in [6.07, 6.45) is 0.748. The first-order valence-corrected chi connectivity index (χ1v) is 7.63. The van der Waals surface area contributed by atoms with E-state index >= 15 is 0 Å². The third-order valence-electron chi connectivity index (χ3n) is 3.52. The van der Waals surface area contributed by atoms with E-state index in [0.29, 0.717) is 19.0 Å². The first kappa shape index (κ1) is 17.7. The third kappa shape index (κ3) is 5.22. The lowest BCUT2D eigenvalue weighted by atomic mass is 10.1. The molecule has 128 valence electrons. The van der Waals surface area contributed by atoms with Gasteiger partial charge in [-0.05, 0) is 41.8 Å². The molecule has 2 rings (SSSR count). The average molecular weight is 333 g/mol.